The standard InChI is InChI=1S/C11H15NO5S2/c1-7-10(5-9(18-7)11(14)15)19(16,17)12-4-2-3-8(13)6-12/h5,8,13H,2-4,6H2,1H3,(H,14,15)/t8-/m0/s1. The highest BCUT2D eigenvalue weighted by Gasteiger charge is 2.32. The maximum absolute atomic E-state index is 12.4. The zero-order valence-electron chi connectivity index (χ0n) is 10.4. The van der Waals surface area contributed by atoms with E-state index in [1.54, 1.807) is 6.92 Å². The Labute approximate surface area is 115 Å². The van der Waals surface area contributed by atoms with Gasteiger partial charge >= 0.3 is 5.97 Å². The number of β-amino-alcohol motifs (C(OH)–C–C–N with tert-alkyl or cyclic N) is 1. The fourth-order valence-electron chi connectivity index (χ4n) is 2.11. The maximum Gasteiger partial charge on any atom is 0.345 e. The summed E-state index contributed by atoms with van der Waals surface area (Å²) < 4.78 is 26.1. The Morgan fingerprint density at radius 3 is 2.74 bits per heavy atom. The second-order valence-corrected chi connectivity index (χ2v) is 7.66. The molecule has 8 heteroatoms. The van der Waals surface area contributed by atoms with E-state index >= 15 is 0 Å². The Balaban J connectivity index is 2.36. The Morgan fingerprint density at radius 1 is 1.53 bits per heavy atom. The molecule has 0 radical (unpaired) electrons. The molecular weight excluding hydrogens is 290 g/mol. The lowest BCUT2D eigenvalue weighted by Gasteiger charge is -2.29. The number of carboxylic acids is 1. The van der Waals surface area contributed by atoms with Gasteiger partial charge in [-0.15, -0.1) is 11.3 Å². The lowest BCUT2D eigenvalue weighted by molar-refractivity contribution is 0.0702. The lowest BCUT2D eigenvalue weighted by atomic mass is 10.1. The summed E-state index contributed by atoms with van der Waals surface area (Å²) in [4.78, 5) is 11.4. The summed E-state index contributed by atoms with van der Waals surface area (Å²) in [5, 5.41) is 18.5. The molecule has 106 valence electrons. The summed E-state index contributed by atoms with van der Waals surface area (Å²) in [7, 11) is -3.72. The van der Waals surface area contributed by atoms with Crippen molar-refractivity contribution in [2.45, 2.75) is 30.8 Å². The number of aliphatic hydroxyl groups excluding tert-OH is 1. The van der Waals surface area contributed by atoms with Gasteiger partial charge in [0, 0.05) is 18.0 Å². The molecular formula is C11H15NO5S2. The van der Waals surface area contributed by atoms with Crippen molar-refractivity contribution in [1.29, 1.82) is 0 Å². The first kappa shape index (κ1) is 14.4. The molecule has 6 nitrogen and oxygen atoms in total. The molecule has 2 rings (SSSR count). The van der Waals surface area contributed by atoms with Gasteiger partial charge in [0.15, 0.2) is 0 Å². The molecule has 0 amide bonds. The highest BCUT2D eigenvalue weighted by atomic mass is 32.2. The number of rotatable bonds is 3. The topological polar surface area (TPSA) is 94.9 Å². The van der Waals surface area contributed by atoms with Gasteiger partial charge in [-0.25, -0.2) is 13.2 Å². The van der Waals surface area contributed by atoms with Crippen LogP contribution in [0.25, 0.3) is 0 Å². The molecule has 0 unspecified atom stereocenters. The zero-order valence-corrected chi connectivity index (χ0v) is 12.0. The summed E-state index contributed by atoms with van der Waals surface area (Å²) in [6, 6.07) is 1.19. The minimum atomic E-state index is -3.72. The first-order chi connectivity index (χ1) is 8.82. The third-order valence-corrected chi connectivity index (χ3v) is 6.22. The summed E-state index contributed by atoms with van der Waals surface area (Å²) >= 11 is 0.946. The van der Waals surface area contributed by atoms with E-state index in [1.165, 1.54) is 10.4 Å². The average molecular weight is 305 g/mol. The molecule has 2 N–H and O–H groups in total. The molecule has 0 bridgehead atoms. The highest BCUT2D eigenvalue weighted by molar-refractivity contribution is 7.89. The molecule has 1 fully saturated rings. The quantitative estimate of drug-likeness (QED) is 0.865. The summed E-state index contributed by atoms with van der Waals surface area (Å²) in [6.45, 7) is 2.02. The lowest BCUT2D eigenvalue weighted by Crippen LogP contribution is -2.42. The molecule has 0 aromatic carbocycles. The fourth-order valence-corrected chi connectivity index (χ4v) is 5.02. The average Bonchev–Trinajstić information content (AvgIpc) is 2.72. The first-order valence-corrected chi connectivity index (χ1v) is 8.10. The van der Waals surface area contributed by atoms with Crippen molar-refractivity contribution in [3.63, 3.8) is 0 Å². The summed E-state index contributed by atoms with van der Waals surface area (Å²) in [5.41, 5.74) is 0. The third-order valence-electron chi connectivity index (χ3n) is 3.06. The predicted molar refractivity (Wildman–Crippen MR) is 70.0 cm³/mol. The molecule has 1 atom stereocenters. The molecule has 1 aromatic heterocycles. The number of aryl methyl sites for hydroxylation is 1. The Bertz CT molecular complexity index is 592. The van der Waals surface area contributed by atoms with E-state index < -0.39 is 22.1 Å². The van der Waals surface area contributed by atoms with Crippen molar-refractivity contribution >= 4 is 27.3 Å². The van der Waals surface area contributed by atoms with Crippen molar-refractivity contribution in [3.8, 4) is 0 Å². The molecule has 2 heterocycles. The van der Waals surface area contributed by atoms with Gasteiger partial charge in [0.25, 0.3) is 0 Å². The van der Waals surface area contributed by atoms with E-state index in [1.807, 2.05) is 0 Å². The SMILES string of the molecule is Cc1sc(C(=O)O)cc1S(=O)(=O)N1CCC[C@H](O)C1. The van der Waals surface area contributed by atoms with Crippen LogP contribution in [-0.4, -0.2) is 48.1 Å². The van der Waals surface area contributed by atoms with Crippen LogP contribution >= 0.6 is 11.3 Å². The van der Waals surface area contributed by atoms with E-state index in [9.17, 15) is 18.3 Å². The molecule has 1 aromatic rings. The van der Waals surface area contributed by atoms with Crippen LogP contribution in [-0.2, 0) is 10.0 Å². The number of thiophene rings is 1. The monoisotopic (exact) mass is 305 g/mol. The van der Waals surface area contributed by atoms with Crippen LogP contribution in [0.3, 0.4) is 0 Å². The van der Waals surface area contributed by atoms with Crippen LogP contribution < -0.4 is 0 Å². The van der Waals surface area contributed by atoms with Crippen LogP contribution in [0.4, 0.5) is 0 Å². The number of aromatic carboxylic acids is 1. The van der Waals surface area contributed by atoms with Gasteiger partial charge in [-0.1, -0.05) is 0 Å². The molecule has 0 aliphatic carbocycles. The van der Waals surface area contributed by atoms with Gasteiger partial charge in [-0.3, -0.25) is 0 Å². The third kappa shape index (κ3) is 2.81. The van der Waals surface area contributed by atoms with Crippen molar-refractivity contribution in [2.75, 3.05) is 13.1 Å². The second-order valence-electron chi connectivity index (χ2n) is 4.50. The van der Waals surface area contributed by atoms with Crippen molar-refractivity contribution in [1.82, 2.24) is 4.31 Å². The number of carbonyl (C=O) groups is 1. The van der Waals surface area contributed by atoms with E-state index in [2.05, 4.69) is 0 Å². The van der Waals surface area contributed by atoms with Gasteiger partial charge in [0.05, 0.1) is 11.0 Å². The Kier molecular flexibility index (Phi) is 3.95. The van der Waals surface area contributed by atoms with Crippen molar-refractivity contribution in [2.24, 2.45) is 0 Å². The minimum Gasteiger partial charge on any atom is -0.477 e. The maximum atomic E-state index is 12.4. The van der Waals surface area contributed by atoms with Gasteiger partial charge < -0.3 is 10.2 Å². The van der Waals surface area contributed by atoms with Gasteiger partial charge in [-0.05, 0) is 25.8 Å². The summed E-state index contributed by atoms with van der Waals surface area (Å²) in [5.74, 6) is -1.13. The van der Waals surface area contributed by atoms with Gasteiger partial charge in [0.2, 0.25) is 10.0 Å². The number of hydrogen-bond donors (Lipinski definition) is 2. The molecule has 1 aliphatic heterocycles. The van der Waals surface area contributed by atoms with Gasteiger partial charge in [0.1, 0.15) is 4.88 Å². The van der Waals surface area contributed by atoms with Crippen LogP contribution in [0.5, 0.6) is 0 Å². The van der Waals surface area contributed by atoms with Crippen LogP contribution in [0.2, 0.25) is 0 Å². The normalized spacial score (nSPS) is 21.5. The number of carboxylic acid groups (broad SMARTS) is 1. The van der Waals surface area contributed by atoms with Crippen molar-refractivity contribution < 1.29 is 23.4 Å². The Hall–Kier alpha value is -0.960. The van der Waals surface area contributed by atoms with Crippen LogP contribution in [0.15, 0.2) is 11.0 Å². The van der Waals surface area contributed by atoms with Gasteiger partial charge in [-0.2, -0.15) is 4.31 Å². The second kappa shape index (κ2) is 5.20. The minimum absolute atomic E-state index is 0.00799. The van der Waals surface area contributed by atoms with E-state index in [0.717, 1.165) is 11.3 Å². The zero-order chi connectivity index (χ0) is 14.2. The number of nitrogens with zero attached hydrogens (tertiary/aromatic N) is 1. The smallest absolute Gasteiger partial charge is 0.345 e. The number of aliphatic hydroxyl groups is 1. The number of hydrogen-bond acceptors (Lipinski definition) is 5. The van der Waals surface area contributed by atoms with Crippen LogP contribution in [0.1, 0.15) is 27.4 Å². The van der Waals surface area contributed by atoms with E-state index in [-0.39, 0.29) is 16.3 Å². The van der Waals surface area contributed by atoms with E-state index in [4.69, 9.17) is 5.11 Å². The van der Waals surface area contributed by atoms with Crippen molar-refractivity contribution in [3.05, 3.63) is 15.8 Å². The molecule has 0 saturated carbocycles. The molecule has 19 heavy (non-hydrogen) atoms. The highest BCUT2D eigenvalue weighted by Crippen LogP contribution is 2.29. The first-order valence-electron chi connectivity index (χ1n) is 5.84. The predicted octanol–water partition coefficient (Wildman–Crippen LogP) is 0.900. The number of sulfonamides is 1. The fraction of sp³-hybridized carbons (Fsp3) is 0.545. The molecule has 1 saturated heterocycles. The largest absolute Gasteiger partial charge is 0.477 e. The van der Waals surface area contributed by atoms with E-state index in [0.29, 0.717) is 24.3 Å². The Morgan fingerprint density at radius 2 is 2.21 bits per heavy atom. The molecule has 0 spiro atoms. The molecule has 1 aliphatic rings. The summed E-state index contributed by atoms with van der Waals surface area (Å²) in [6.07, 6.45) is 0.547. The number of piperidine rings is 1. The van der Waals surface area contributed by atoms with Crippen LogP contribution in [0, 0.1) is 6.92 Å².